The standard InChI is InChI=1S/C24H34N2O2/c1-3-25(4-2)23(28)16-19-17-24(21-8-6-5-7-20(19)21)11-13-26(14-12-24)22(27)15-18-9-10-18/h5-8,18-19H,3-4,9-17H2,1-2H3. The van der Waals surface area contributed by atoms with Crippen molar-refractivity contribution in [2.75, 3.05) is 26.2 Å². The van der Waals surface area contributed by atoms with Crippen LogP contribution in [-0.4, -0.2) is 47.8 Å². The number of likely N-dealkylation sites (tertiary alicyclic amines) is 1. The molecule has 1 aromatic rings. The van der Waals surface area contributed by atoms with Gasteiger partial charge in [-0.05, 0) is 74.3 Å². The number of piperidine rings is 1. The summed E-state index contributed by atoms with van der Waals surface area (Å²) in [6.07, 6.45) is 6.98. The molecule has 152 valence electrons. The largest absolute Gasteiger partial charge is 0.343 e. The van der Waals surface area contributed by atoms with Crippen LogP contribution >= 0.6 is 0 Å². The fourth-order valence-electron chi connectivity index (χ4n) is 5.48. The molecule has 1 spiro atoms. The number of hydrogen-bond donors (Lipinski definition) is 0. The molecule has 4 rings (SSSR count). The molecule has 0 bridgehead atoms. The summed E-state index contributed by atoms with van der Waals surface area (Å²) in [5.41, 5.74) is 2.98. The van der Waals surface area contributed by atoms with Crippen molar-refractivity contribution in [3.8, 4) is 0 Å². The highest BCUT2D eigenvalue weighted by atomic mass is 16.2. The quantitative estimate of drug-likeness (QED) is 0.743. The number of carbonyl (C=O) groups excluding carboxylic acids is 2. The number of rotatable bonds is 6. The summed E-state index contributed by atoms with van der Waals surface area (Å²) in [5, 5.41) is 0. The molecule has 1 heterocycles. The molecule has 2 amide bonds. The Morgan fingerprint density at radius 2 is 1.75 bits per heavy atom. The van der Waals surface area contributed by atoms with Crippen molar-refractivity contribution < 1.29 is 9.59 Å². The Morgan fingerprint density at radius 1 is 1.07 bits per heavy atom. The average Bonchev–Trinajstić information content (AvgIpc) is 3.48. The minimum Gasteiger partial charge on any atom is -0.343 e. The van der Waals surface area contributed by atoms with Gasteiger partial charge in [-0.15, -0.1) is 0 Å². The molecule has 1 saturated heterocycles. The SMILES string of the molecule is CCN(CC)C(=O)CC1CC2(CCN(C(=O)CC3CC3)CC2)c2ccccc21. The Labute approximate surface area is 169 Å². The normalized spacial score (nSPS) is 22.9. The lowest BCUT2D eigenvalue weighted by molar-refractivity contribution is -0.133. The molecule has 2 aliphatic carbocycles. The van der Waals surface area contributed by atoms with E-state index in [0.717, 1.165) is 51.9 Å². The number of nitrogens with zero attached hydrogens (tertiary/aromatic N) is 2. The smallest absolute Gasteiger partial charge is 0.223 e. The highest BCUT2D eigenvalue weighted by molar-refractivity contribution is 5.78. The van der Waals surface area contributed by atoms with E-state index in [4.69, 9.17) is 0 Å². The number of hydrogen-bond acceptors (Lipinski definition) is 2. The second kappa shape index (κ2) is 7.88. The maximum atomic E-state index is 12.8. The molecule has 0 radical (unpaired) electrons. The zero-order chi connectivity index (χ0) is 19.7. The lowest BCUT2D eigenvalue weighted by Gasteiger charge is -2.40. The molecule has 1 saturated carbocycles. The minimum atomic E-state index is 0.154. The lowest BCUT2D eigenvalue weighted by atomic mass is 9.73. The highest BCUT2D eigenvalue weighted by Crippen LogP contribution is 2.52. The Morgan fingerprint density at radius 3 is 2.39 bits per heavy atom. The first kappa shape index (κ1) is 19.5. The van der Waals surface area contributed by atoms with Crippen LogP contribution in [0.3, 0.4) is 0 Å². The van der Waals surface area contributed by atoms with Crippen molar-refractivity contribution >= 4 is 11.8 Å². The van der Waals surface area contributed by atoms with Crippen LogP contribution in [0.15, 0.2) is 24.3 Å². The van der Waals surface area contributed by atoms with Gasteiger partial charge in [-0.2, -0.15) is 0 Å². The van der Waals surface area contributed by atoms with Gasteiger partial charge in [-0.1, -0.05) is 24.3 Å². The molecule has 0 N–H and O–H groups in total. The predicted octanol–water partition coefficient (Wildman–Crippen LogP) is 4.09. The van der Waals surface area contributed by atoms with E-state index in [0.29, 0.717) is 24.2 Å². The second-order valence-electron chi connectivity index (χ2n) is 9.07. The van der Waals surface area contributed by atoms with Crippen LogP contribution < -0.4 is 0 Å². The van der Waals surface area contributed by atoms with E-state index in [-0.39, 0.29) is 11.3 Å². The molecule has 3 aliphatic rings. The molecular formula is C24H34N2O2. The van der Waals surface area contributed by atoms with Crippen molar-refractivity contribution in [2.24, 2.45) is 5.92 Å². The molecular weight excluding hydrogens is 348 g/mol. The van der Waals surface area contributed by atoms with Gasteiger partial charge >= 0.3 is 0 Å². The fourth-order valence-corrected chi connectivity index (χ4v) is 5.48. The maximum absolute atomic E-state index is 12.8. The highest BCUT2D eigenvalue weighted by Gasteiger charge is 2.46. The van der Waals surface area contributed by atoms with Crippen molar-refractivity contribution in [2.45, 2.75) is 70.1 Å². The summed E-state index contributed by atoms with van der Waals surface area (Å²) in [5.74, 6) is 1.61. The van der Waals surface area contributed by atoms with E-state index < -0.39 is 0 Å². The van der Waals surface area contributed by atoms with Crippen molar-refractivity contribution in [1.29, 1.82) is 0 Å². The van der Waals surface area contributed by atoms with Crippen LogP contribution in [0, 0.1) is 5.92 Å². The Bertz CT molecular complexity index is 728. The summed E-state index contributed by atoms with van der Waals surface area (Å²) in [6.45, 7) is 7.42. The number of benzene rings is 1. The van der Waals surface area contributed by atoms with Crippen molar-refractivity contribution in [3.63, 3.8) is 0 Å². The van der Waals surface area contributed by atoms with Gasteiger partial charge in [0.2, 0.25) is 11.8 Å². The first-order valence-electron chi connectivity index (χ1n) is 11.2. The third-order valence-corrected chi connectivity index (χ3v) is 7.38. The van der Waals surface area contributed by atoms with Gasteiger partial charge < -0.3 is 9.80 Å². The van der Waals surface area contributed by atoms with E-state index in [9.17, 15) is 9.59 Å². The van der Waals surface area contributed by atoms with Crippen molar-refractivity contribution in [1.82, 2.24) is 9.80 Å². The molecule has 28 heavy (non-hydrogen) atoms. The molecule has 4 heteroatoms. The van der Waals surface area contributed by atoms with Crippen LogP contribution in [0.25, 0.3) is 0 Å². The number of amides is 2. The Hall–Kier alpha value is -1.84. The Balaban J connectivity index is 1.47. The van der Waals surface area contributed by atoms with E-state index in [1.807, 2.05) is 4.90 Å². The molecule has 1 aliphatic heterocycles. The zero-order valence-electron chi connectivity index (χ0n) is 17.5. The van der Waals surface area contributed by atoms with Crippen LogP contribution in [-0.2, 0) is 15.0 Å². The van der Waals surface area contributed by atoms with Crippen LogP contribution in [0.2, 0.25) is 0 Å². The minimum absolute atomic E-state index is 0.154. The average molecular weight is 383 g/mol. The second-order valence-corrected chi connectivity index (χ2v) is 9.07. The molecule has 2 fully saturated rings. The molecule has 1 aromatic carbocycles. The maximum Gasteiger partial charge on any atom is 0.223 e. The van der Waals surface area contributed by atoms with E-state index >= 15 is 0 Å². The lowest BCUT2D eigenvalue weighted by Crippen LogP contribution is -2.44. The summed E-state index contributed by atoms with van der Waals surface area (Å²) in [7, 11) is 0. The van der Waals surface area contributed by atoms with E-state index in [2.05, 4.69) is 43.0 Å². The van der Waals surface area contributed by atoms with Gasteiger partial charge in [0.05, 0.1) is 0 Å². The van der Waals surface area contributed by atoms with E-state index in [1.165, 1.54) is 24.0 Å². The van der Waals surface area contributed by atoms with Gasteiger partial charge in [-0.25, -0.2) is 0 Å². The van der Waals surface area contributed by atoms with Gasteiger partial charge in [0, 0.05) is 39.0 Å². The van der Waals surface area contributed by atoms with Gasteiger partial charge in [-0.3, -0.25) is 9.59 Å². The van der Waals surface area contributed by atoms with Crippen LogP contribution in [0.4, 0.5) is 0 Å². The monoisotopic (exact) mass is 382 g/mol. The topological polar surface area (TPSA) is 40.6 Å². The molecule has 4 nitrogen and oxygen atoms in total. The predicted molar refractivity (Wildman–Crippen MR) is 111 cm³/mol. The molecule has 1 atom stereocenters. The summed E-state index contributed by atoms with van der Waals surface area (Å²) < 4.78 is 0. The van der Waals surface area contributed by atoms with E-state index in [1.54, 1.807) is 0 Å². The summed E-state index contributed by atoms with van der Waals surface area (Å²) in [4.78, 5) is 29.3. The fraction of sp³-hybridized carbons (Fsp3) is 0.667. The molecule has 0 aromatic heterocycles. The molecule has 1 unspecified atom stereocenters. The van der Waals surface area contributed by atoms with Gasteiger partial charge in [0.25, 0.3) is 0 Å². The first-order valence-corrected chi connectivity index (χ1v) is 11.2. The van der Waals surface area contributed by atoms with Crippen LogP contribution in [0.5, 0.6) is 0 Å². The van der Waals surface area contributed by atoms with Crippen LogP contribution in [0.1, 0.15) is 75.8 Å². The summed E-state index contributed by atoms with van der Waals surface area (Å²) in [6, 6.07) is 8.76. The third kappa shape index (κ3) is 3.70. The zero-order valence-corrected chi connectivity index (χ0v) is 17.5. The van der Waals surface area contributed by atoms with Gasteiger partial charge in [0.15, 0.2) is 0 Å². The Kier molecular flexibility index (Phi) is 5.48. The summed E-state index contributed by atoms with van der Waals surface area (Å²) >= 11 is 0. The number of carbonyl (C=O) groups is 2. The van der Waals surface area contributed by atoms with Crippen molar-refractivity contribution in [3.05, 3.63) is 35.4 Å². The van der Waals surface area contributed by atoms with Gasteiger partial charge in [0.1, 0.15) is 0 Å². The number of fused-ring (bicyclic) bond motifs is 2. The third-order valence-electron chi connectivity index (χ3n) is 7.38. The first-order chi connectivity index (χ1) is 13.6.